The molecule has 0 aromatic rings. The van der Waals surface area contributed by atoms with Crippen molar-refractivity contribution < 1.29 is 28.6 Å². The molecule has 1 atom stereocenters. The van der Waals surface area contributed by atoms with Crippen molar-refractivity contribution >= 4 is 17.9 Å². The van der Waals surface area contributed by atoms with E-state index in [0.29, 0.717) is 19.3 Å². The van der Waals surface area contributed by atoms with E-state index in [1.807, 2.05) is 0 Å². The highest BCUT2D eigenvalue weighted by Crippen LogP contribution is 2.17. The Morgan fingerprint density at radius 3 is 0.781 bits per heavy atom. The maximum absolute atomic E-state index is 12.8. The highest BCUT2D eigenvalue weighted by Gasteiger charge is 2.19. The largest absolute Gasteiger partial charge is 0.462 e. The minimum atomic E-state index is -0.764. The summed E-state index contributed by atoms with van der Waals surface area (Å²) in [5, 5.41) is 0. The maximum atomic E-state index is 12.8. The fourth-order valence-electron chi connectivity index (χ4n) is 8.68. The van der Waals surface area contributed by atoms with Crippen LogP contribution in [0.25, 0.3) is 0 Å². The van der Waals surface area contributed by atoms with Gasteiger partial charge in [-0.05, 0) is 44.9 Å². The van der Waals surface area contributed by atoms with E-state index in [4.69, 9.17) is 14.2 Å². The summed E-state index contributed by atoms with van der Waals surface area (Å²) in [5.74, 6) is -0.850. The average molecular weight is 904 g/mol. The first-order valence-electron chi connectivity index (χ1n) is 28.7. The number of ether oxygens (including phenoxy) is 3. The van der Waals surface area contributed by atoms with Gasteiger partial charge in [-0.2, -0.15) is 0 Å². The number of carbonyl (C=O) groups excluding carboxylic acids is 3. The highest BCUT2D eigenvalue weighted by atomic mass is 16.6. The summed E-state index contributed by atoms with van der Waals surface area (Å²) in [5.41, 5.74) is 0. The molecule has 0 heterocycles. The Morgan fingerprint density at radius 1 is 0.297 bits per heavy atom. The monoisotopic (exact) mass is 903 g/mol. The van der Waals surface area contributed by atoms with Crippen LogP contribution >= 0.6 is 0 Å². The van der Waals surface area contributed by atoms with Gasteiger partial charge in [0.1, 0.15) is 13.2 Å². The molecule has 0 aliphatic carbocycles. The van der Waals surface area contributed by atoms with E-state index in [0.717, 1.165) is 57.8 Å². The Morgan fingerprint density at radius 2 is 0.516 bits per heavy atom. The third-order valence-electron chi connectivity index (χ3n) is 13.0. The van der Waals surface area contributed by atoms with Crippen LogP contribution in [0.3, 0.4) is 0 Å². The van der Waals surface area contributed by atoms with Crippen LogP contribution in [0.1, 0.15) is 323 Å². The number of allylic oxidation sites excluding steroid dienone is 2. The third-order valence-corrected chi connectivity index (χ3v) is 13.0. The van der Waals surface area contributed by atoms with Gasteiger partial charge in [0, 0.05) is 19.3 Å². The lowest BCUT2D eigenvalue weighted by molar-refractivity contribution is -0.167. The van der Waals surface area contributed by atoms with E-state index in [1.54, 1.807) is 0 Å². The van der Waals surface area contributed by atoms with Crippen molar-refractivity contribution in [1.29, 1.82) is 0 Å². The number of rotatable bonds is 53. The quantitative estimate of drug-likeness (QED) is 0.0262. The fraction of sp³-hybridized carbons (Fsp3) is 0.914. The van der Waals surface area contributed by atoms with Crippen LogP contribution in [-0.4, -0.2) is 37.2 Å². The van der Waals surface area contributed by atoms with Gasteiger partial charge < -0.3 is 14.2 Å². The van der Waals surface area contributed by atoms with Gasteiger partial charge in [-0.3, -0.25) is 14.4 Å². The predicted octanol–water partition coefficient (Wildman–Crippen LogP) is 18.9. The molecule has 0 saturated heterocycles. The Kier molecular flexibility index (Phi) is 52.2. The molecule has 0 spiro atoms. The lowest BCUT2D eigenvalue weighted by Crippen LogP contribution is -2.30. The summed E-state index contributed by atoms with van der Waals surface area (Å²) in [4.78, 5) is 38.0. The molecule has 0 fully saturated rings. The van der Waals surface area contributed by atoms with Crippen LogP contribution in [0.15, 0.2) is 12.2 Å². The number of hydrogen-bond donors (Lipinski definition) is 0. The lowest BCUT2D eigenvalue weighted by Gasteiger charge is -2.18. The van der Waals surface area contributed by atoms with Crippen molar-refractivity contribution in [3.05, 3.63) is 12.2 Å². The molecule has 1 unspecified atom stereocenters. The lowest BCUT2D eigenvalue weighted by atomic mass is 10.0. The zero-order chi connectivity index (χ0) is 46.5. The molecule has 64 heavy (non-hydrogen) atoms. The summed E-state index contributed by atoms with van der Waals surface area (Å²) in [7, 11) is 0. The van der Waals surface area contributed by atoms with Gasteiger partial charge in [-0.25, -0.2) is 0 Å². The minimum Gasteiger partial charge on any atom is -0.462 e. The summed E-state index contributed by atoms with van der Waals surface area (Å²) < 4.78 is 16.8. The van der Waals surface area contributed by atoms with Crippen LogP contribution in [0.4, 0.5) is 0 Å². The van der Waals surface area contributed by atoms with E-state index >= 15 is 0 Å². The molecule has 0 aliphatic rings. The average Bonchev–Trinajstić information content (AvgIpc) is 3.29. The molecular weight excluding hydrogens is 793 g/mol. The van der Waals surface area contributed by atoms with E-state index in [9.17, 15) is 14.4 Å². The standard InChI is InChI=1S/C58H110O6/c1-4-7-10-13-16-19-21-23-25-27-29-31-33-35-37-39-42-45-48-51-57(60)63-54-55(53-62-56(59)50-47-44-41-18-15-12-9-6-3)64-58(61)52-49-46-43-40-38-36-34-32-30-28-26-24-22-20-17-14-11-8-5-2/h23,25,55H,4-22,24,26-54H2,1-3H3/b25-23-. The molecule has 0 aromatic carbocycles. The van der Waals surface area contributed by atoms with Crippen molar-refractivity contribution in [3.8, 4) is 0 Å². The Labute approximate surface area is 399 Å². The fourth-order valence-corrected chi connectivity index (χ4v) is 8.68. The maximum Gasteiger partial charge on any atom is 0.306 e. The van der Waals surface area contributed by atoms with Crippen LogP contribution in [0, 0.1) is 0 Å². The van der Waals surface area contributed by atoms with Crippen molar-refractivity contribution in [2.75, 3.05) is 13.2 Å². The first-order chi connectivity index (χ1) is 31.5. The second-order valence-corrected chi connectivity index (χ2v) is 19.6. The van der Waals surface area contributed by atoms with Crippen LogP contribution in [0.2, 0.25) is 0 Å². The summed E-state index contributed by atoms with van der Waals surface area (Å²) >= 11 is 0. The van der Waals surface area contributed by atoms with Gasteiger partial charge in [-0.1, -0.05) is 270 Å². The van der Waals surface area contributed by atoms with Crippen LogP contribution < -0.4 is 0 Å². The molecule has 6 nitrogen and oxygen atoms in total. The first-order valence-corrected chi connectivity index (χ1v) is 28.7. The molecule has 0 N–H and O–H groups in total. The second-order valence-electron chi connectivity index (χ2n) is 19.6. The van der Waals surface area contributed by atoms with Crippen molar-refractivity contribution in [2.24, 2.45) is 0 Å². The van der Waals surface area contributed by atoms with Gasteiger partial charge in [-0.15, -0.1) is 0 Å². The zero-order valence-electron chi connectivity index (χ0n) is 43.3. The molecule has 0 bridgehead atoms. The third kappa shape index (κ3) is 51.1. The molecule has 0 rings (SSSR count). The predicted molar refractivity (Wildman–Crippen MR) is 275 cm³/mol. The Bertz CT molecular complexity index is 993. The van der Waals surface area contributed by atoms with Gasteiger partial charge in [0.2, 0.25) is 0 Å². The van der Waals surface area contributed by atoms with Crippen molar-refractivity contribution in [2.45, 2.75) is 329 Å². The Balaban J connectivity index is 4.19. The topological polar surface area (TPSA) is 78.9 Å². The normalized spacial score (nSPS) is 12.0. The SMILES string of the molecule is CCCCCCCC/C=C\CCCCCCCCCCCC(=O)OCC(COC(=O)CCCCCCCCCC)OC(=O)CCCCCCCCCCCCCCCCCCCCC. The van der Waals surface area contributed by atoms with Gasteiger partial charge >= 0.3 is 17.9 Å². The van der Waals surface area contributed by atoms with Crippen molar-refractivity contribution in [1.82, 2.24) is 0 Å². The first kappa shape index (κ1) is 62.1. The number of esters is 3. The molecule has 0 aliphatic heterocycles. The van der Waals surface area contributed by atoms with Crippen LogP contribution in [-0.2, 0) is 28.6 Å². The summed E-state index contributed by atoms with van der Waals surface area (Å²) in [6.45, 7) is 6.66. The summed E-state index contributed by atoms with van der Waals surface area (Å²) in [6.07, 6.45) is 60.7. The van der Waals surface area contributed by atoms with E-state index < -0.39 is 6.10 Å². The summed E-state index contributed by atoms with van der Waals surface area (Å²) in [6, 6.07) is 0. The van der Waals surface area contributed by atoms with Crippen LogP contribution in [0.5, 0.6) is 0 Å². The molecular formula is C58H110O6. The number of hydrogen-bond acceptors (Lipinski definition) is 6. The van der Waals surface area contributed by atoms with Crippen molar-refractivity contribution in [3.63, 3.8) is 0 Å². The minimum absolute atomic E-state index is 0.0655. The number of unbranched alkanes of at least 4 members (excludes halogenated alkanes) is 40. The van der Waals surface area contributed by atoms with Gasteiger partial charge in [0.25, 0.3) is 0 Å². The molecule has 0 radical (unpaired) electrons. The Hall–Kier alpha value is -1.85. The molecule has 378 valence electrons. The molecule has 0 saturated carbocycles. The van der Waals surface area contributed by atoms with E-state index in [1.165, 1.54) is 225 Å². The highest BCUT2D eigenvalue weighted by molar-refractivity contribution is 5.71. The second kappa shape index (κ2) is 53.8. The smallest absolute Gasteiger partial charge is 0.306 e. The van der Waals surface area contributed by atoms with Gasteiger partial charge in [0.05, 0.1) is 0 Å². The zero-order valence-corrected chi connectivity index (χ0v) is 43.3. The van der Waals surface area contributed by atoms with E-state index in [2.05, 4.69) is 32.9 Å². The number of carbonyl (C=O) groups is 3. The van der Waals surface area contributed by atoms with E-state index in [-0.39, 0.29) is 31.1 Å². The molecule has 0 amide bonds. The molecule has 6 heteroatoms. The van der Waals surface area contributed by atoms with Gasteiger partial charge in [0.15, 0.2) is 6.10 Å². The molecule has 0 aromatic heterocycles.